The first-order valence-corrected chi connectivity index (χ1v) is 8.66. The Kier molecular flexibility index (Phi) is 3.46. The van der Waals surface area contributed by atoms with Gasteiger partial charge in [-0.2, -0.15) is 9.97 Å². The van der Waals surface area contributed by atoms with E-state index in [2.05, 4.69) is 20.1 Å². The molecule has 3 rings (SSSR count). The molecule has 0 N–H and O–H groups in total. The molecule has 0 saturated heterocycles. The third kappa shape index (κ3) is 2.54. The van der Waals surface area contributed by atoms with E-state index in [1.54, 1.807) is 19.4 Å². The lowest BCUT2D eigenvalue weighted by Crippen LogP contribution is -2.21. The minimum atomic E-state index is -1.09. The van der Waals surface area contributed by atoms with Gasteiger partial charge in [-0.1, -0.05) is 16.5 Å². The lowest BCUT2D eigenvalue weighted by molar-refractivity contribution is 0.378. The van der Waals surface area contributed by atoms with Gasteiger partial charge >= 0.3 is 4.34 Å². The van der Waals surface area contributed by atoms with Crippen LogP contribution in [0.2, 0.25) is 0 Å². The fourth-order valence-electron chi connectivity index (χ4n) is 1.95. The standard InChI is InChI=1S/C13H14N4O2S2/c1-7-15-11(17-19-7)13(2,3)8-5-9-10(14-6-8)16-12(20-9)21(4)18/h5-6H,1-4H3. The molecule has 0 aromatic carbocycles. The summed E-state index contributed by atoms with van der Waals surface area (Å²) < 4.78 is 18.1. The molecule has 0 fully saturated rings. The maximum absolute atomic E-state index is 11.5. The molecule has 0 aliphatic heterocycles. The quantitative estimate of drug-likeness (QED) is 0.688. The van der Waals surface area contributed by atoms with Crippen molar-refractivity contribution < 1.29 is 9.08 Å². The van der Waals surface area contributed by atoms with Gasteiger partial charge in [-0.25, -0.2) is 4.98 Å². The highest BCUT2D eigenvalue weighted by Crippen LogP contribution is 2.32. The highest BCUT2D eigenvalue weighted by atomic mass is 32.2. The summed E-state index contributed by atoms with van der Waals surface area (Å²) in [5.41, 5.74) is 1.16. The van der Waals surface area contributed by atoms with Gasteiger partial charge in [-0.15, -0.1) is 0 Å². The van der Waals surface area contributed by atoms with Crippen molar-refractivity contribution in [2.75, 3.05) is 6.26 Å². The van der Waals surface area contributed by atoms with Crippen LogP contribution in [0.15, 0.2) is 21.1 Å². The van der Waals surface area contributed by atoms with Crippen LogP contribution in [0.5, 0.6) is 0 Å². The predicted octanol–water partition coefficient (Wildman–Crippen LogP) is 2.45. The first kappa shape index (κ1) is 14.4. The van der Waals surface area contributed by atoms with Crippen molar-refractivity contribution in [3.05, 3.63) is 29.5 Å². The molecule has 3 aromatic rings. The number of pyridine rings is 1. The molecule has 3 heterocycles. The van der Waals surface area contributed by atoms with E-state index < -0.39 is 16.6 Å². The van der Waals surface area contributed by atoms with Crippen LogP contribution in [-0.4, -0.2) is 30.9 Å². The lowest BCUT2D eigenvalue weighted by Gasteiger charge is -2.20. The fourth-order valence-corrected chi connectivity index (χ4v) is 3.60. The Labute approximate surface area is 128 Å². The first-order chi connectivity index (χ1) is 9.88. The zero-order valence-corrected chi connectivity index (χ0v) is 13.7. The normalized spacial score (nSPS) is 13.8. The molecule has 0 aliphatic rings. The molecular formula is C13H14N4O2S2. The molecule has 0 spiro atoms. The maximum atomic E-state index is 11.5. The average molecular weight is 322 g/mol. The number of thiazole rings is 1. The van der Waals surface area contributed by atoms with Crippen molar-refractivity contribution in [1.82, 2.24) is 20.1 Å². The summed E-state index contributed by atoms with van der Waals surface area (Å²) in [5.74, 6) is 1.15. The molecule has 110 valence electrons. The predicted molar refractivity (Wildman–Crippen MR) is 80.9 cm³/mol. The molecule has 0 saturated carbocycles. The lowest BCUT2D eigenvalue weighted by atomic mass is 9.85. The van der Waals surface area contributed by atoms with Gasteiger partial charge in [0, 0.05) is 24.3 Å². The summed E-state index contributed by atoms with van der Waals surface area (Å²) in [4.78, 5) is 12.9. The van der Waals surface area contributed by atoms with Gasteiger partial charge in [-0.05, 0) is 25.5 Å². The van der Waals surface area contributed by atoms with E-state index in [1.807, 2.05) is 19.9 Å². The van der Waals surface area contributed by atoms with E-state index in [4.69, 9.17) is 4.52 Å². The van der Waals surface area contributed by atoms with Gasteiger partial charge in [0.05, 0.1) is 10.1 Å². The largest absolute Gasteiger partial charge is 0.610 e. The molecule has 1 unspecified atom stereocenters. The SMILES string of the molecule is Cc1nc(C(C)(C)c2cnc3nc([S+](C)[O-])sc3c2)no1. The molecule has 0 radical (unpaired) electrons. The average Bonchev–Trinajstić information content (AvgIpc) is 3.03. The second-order valence-corrected chi connectivity index (χ2v) is 7.83. The summed E-state index contributed by atoms with van der Waals surface area (Å²) in [5, 5.41) is 4.00. The Hall–Kier alpha value is -1.51. The summed E-state index contributed by atoms with van der Waals surface area (Å²) >= 11 is 0.304. The van der Waals surface area contributed by atoms with Crippen LogP contribution >= 0.6 is 11.3 Å². The Balaban J connectivity index is 2.07. The zero-order chi connectivity index (χ0) is 15.2. The monoisotopic (exact) mass is 322 g/mol. The van der Waals surface area contributed by atoms with Crippen LogP contribution in [0.1, 0.15) is 31.1 Å². The maximum Gasteiger partial charge on any atom is 0.303 e. The van der Waals surface area contributed by atoms with Gasteiger partial charge in [0.15, 0.2) is 11.5 Å². The van der Waals surface area contributed by atoms with Crippen LogP contribution in [0.4, 0.5) is 0 Å². The van der Waals surface area contributed by atoms with Gasteiger partial charge in [0.25, 0.3) is 0 Å². The third-order valence-corrected chi connectivity index (χ3v) is 5.61. The van der Waals surface area contributed by atoms with E-state index in [0.29, 0.717) is 21.7 Å². The molecule has 0 aliphatic carbocycles. The third-order valence-electron chi connectivity index (χ3n) is 3.28. The summed E-state index contributed by atoms with van der Waals surface area (Å²) in [7, 11) is 0. The van der Waals surface area contributed by atoms with Gasteiger partial charge < -0.3 is 9.08 Å². The zero-order valence-electron chi connectivity index (χ0n) is 12.1. The second kappa shape index (κ2) is 5.04. The van der Waals surface area contributed by atoms with Crippen molar-refractivity contribution in [3.8, 4) is 0 Å². The number of aryl methyl sites for hydroxylation is 1. The Morgan fingerprint density at radius 3 is 2.71 bits per heavy atom. The van der Waals surface area contributed by atoms with Crippen LogP contribution in [0.3, 0.4) is 0 Å². The van der Waals surface area contributed by atoms with Crippen molar-refractivity contribution >= 4 is 32.9 Å². The van der Waals surface area contributed by atoms with Crippen molar-refractivity contribution in [1.29, 1.82) is 0 Å². The van der Waals surface area contributed by atoms with Gasteiger partial charge in [0.2, 0.25) is 5.89 Å². The summed E-state index contributed by atoms with van der Waals surface area (Å²) in [6.07, 6.45) is 3.38. The van der Waals surface area contributed by atoms with E-state index in [9.17, 15) is 4.55 Å². The van der Waals surface area contributed by atoms with Crippen LogP contribution < -0.4 is 0 Å². The topological polar surface area (TPSA) is 87.8 Å². The van der Waals surface area contributed by atoms with E-state index in [-0.39, 0.29) is 0 Å². The minimum Gasteiger partial charge on any atom is -0.610 e. The highest BCUT2D eigenvalue weighted by Gasteiger charge is 2.29. The number of aromatic nitrogens is 4. The fraction of sp³-hybridized carbons (Fsp3) is 0.385. The minimum absolute atomic E-state index is 0.422. The number of rotatable bonds is 3. The van der Waals surface area contributed by atoms with Crippen molar-refractivity contribution in [2.45, 2.75) is 30.5 Å². The van der Waals surface area contributed by atoms with E-state index in [0.717, 1.165) is 10.3 Å². The Morgan fingerprint density at radius 1 is 1.33 bits per heavy atom. The summed E-state index contributed by atoms with van der Waals surface area (Å²) in [6, 6.07) is 2.00. The second-order valence-electron chi connectivity index (χ2n) is 5.24. The molecule has 6 nitrogen and oxygen atoms in total. The van der Waals surface area contributed by atoms with Crippen molar-refractivity contribution in [2.24, 2.45) is 0 Å². The Bertz CT molecular complexity index is 794. The number of hydrogen-bond acceptors (Lipinski definition) is 7. The molecule has 1 atom stereocenters. The van der Waals surface area contributed by atoms with E-state index >= 15 is 0 Å². The highest BCUT2D eigenvalue weighted by molar-refractivity contribution is 7.92. The Morgan fingerprint density at radius 2 is 2.10 bits per heavy atom. The molecular weight excluding hydrogens is 308 g/mol. The summed E-state index contributed by atoms with van der Waals surface area (Å²) in [6.45, 7) is 5.79. The van der Waals surface area contributed by atoms with E-state index in [1.165, 1.54) is 11.3 Å². The van der Waals surface area contributed by atoms with Gasteiger partial charge in [-0.3, -0.25) is 0 Å². The van der Waals surface area contributed by atoms with Crippen LogP contribution in [-0.2, 0) is 16.6 Å². The van der Waals surface area contributed by atoms with Crippen LogP contribution in [0.25, 0.3) is 10.3 Å². The number of hydrogen-bond donors (Lipinski definition) is 0. The molecule has 21 heavy (non-hydrogen) atoms. The van der Waals surface area contributed by atoms with Gasteiger partial charge in [0.1, 0.15) is 6.26 Å². The number of nitrogens with zero attached hydrogens (tertiary/aromatic N) is 4. The molecule has 8 heteroatoms. The molecule has 0 amide bonds. The van der Waals surface area contributed by atoms with Crippen LogP contribution in [0, 0.1) is 6.92 Å². The molecule has 3 aromatic heterocycles. The number of fused-ring (bicyclic) bond motifs is 1. The molecule has 0 bridgehead atoms. The van der Waals surface area contributed by atoms with Crippen molar-refractivity contribution in [3.63, 3.8) is 0 Å². The first-order valence-electron chi connectivity index (χ1n) is 6.29. The smallest absolute Gasteiger partial charge is 0.303 e.